The van der Waals surface area contributed by atoms with Crippen molar-refractivity contribution in [1.29, 1.82) is 0 Å². The summed E-state index contributed by atoms with van der Waals surface area (Å²) in [4.78, 5) is 66.4. The Kier molecular flexibility index (Phi) is 8.57. The van der Waals surface area contributed by atoms with Crippen molar-refractivity contribution in [1.82, 2.24) is 0 Å². The van der Waals surface area contributed by atoms with Crippen LogP contribution in [-0.4, -0.2) is 84.3 Å². The maximum atomic E-state index is 14.0. The molecule has 276 valence electrons. The van der Waals surface area contributed by atoms with E-state index in [-0.39, 0.29) is 24.9 Å². The van der Waals surface area contributed by atoms with Gasteiger partial charge < -0.3 is 37.9 Å². The van der Waals surface area contributed by atoms with Crippen molar-refractivity contribution in [2.24, 2.45) is 39.4 Å². The lowest BCUT2D eigenvalue weighted by atomic mass is 9.33. The largest absolute Gasteiger partial charge is 0.472 e. The summed E-state index contributed by atoms with van der Waals surface area (Å²) in [6.07, 6.45) is -2.37. The number of hydrogen-bond donors (Lipinski definition) is 1. The molecule has 4 saturated carbocycles. The quantitative estimate of drug-likeness (QED) is 0.246. The zero-order chi connectivity index (χ0) is 36.9. The Bertz CT molecular complexity index is 1570. The number of rotatable bonds is 7. The standard InChI is InChI=1S/C37H50O13/c1-17(2)31(42)49-28-29-33(6)23(34(7,32(43)44-10)25(15-24(33)41)46-18(3)38)14-26(47-19(4)39)36(29,9)37-27(50-37)13-22(21-11-12-45-16-21)35(37,8)30(28)48-20(5)40/h11-12,16-17,22-30,41H,13-15H2,1-10H3. The number of furan rings is 1. The van der Waals surface area contributed by atoms with Crippen LogP contribution in [0.2, 0.25) is 0 Å². The highest BCUT2D eigenvalue weighted by molar-refractivity contribution is 5.79. The van der Waals surface area contributed by atoms with E-state index in [2.05, 4.69) is 0 Å². The first kappa shape index (κ1) is 36.3. The monoisotopic (exact) mass is 702 g/mol. The van der Waals surface area contributed by atoms with Gasteiger partial charge in [0.1, 0.15) is 35.4 Å². The molecule has 1 aromatic heterocycles. The van der Waals surface area contributed by atoms with E-state index in [0.29, 0.717) is 6.42 Å². The summed E-state index contributed by atoms with van der Waals surface area (Å²) in [6, 6.07) is 1.85. The highest BCUT2D eigenvalue weighted by atomic mass is 16.6. The predicted molar refractivity (Wildman–Crippen MR) is 172 cm³/mol. The first-order valence-electron chi connectivity index (χ1n) is 17.5. The van der Waals surface area contributed by atoms with Crippen LogP contribution in [0.15, 0.2) is 23.0 Å². The van der Waals surface area contributed by atoms with Crippen LogP contribution in [0.5, 0.6) is 0 Å². The lowest BCUT2D eigenvalue weighted by Crippen LogP contribution is -2.80. The van der Waals surface area contributed by atoms with Crippen molar-refractivity contribution in [3.8, 4) is 0 Å². The van der Waals surface area contributed by atoms with E-state index in [9.17, 15) is 29.1 Å². The second kappa shape index (κ2) is 11.8. The molecule has 5 aliphatic rings. The topological polar surface area (TPSA) is 177 Å². The van der Waals surface area contributed by atoms with Crippen molar-refractivity contribution < 1.29 is 61.9 Å². The molecule has 1 aromatic rings. The molecule has 1 aliphatic heterocycles. The Balaban J connectivity index is 1.68. The Morgan fingerprint density at radius 2 is 1.48 bits per heavy atom. The number of carbonyl (C=O) groups is 5. The van der Waals surface area contributed by atoms with Gasteiger partial charge in [-0.1, -0.05) is 34.6 Å². The zero-order valence-electron chi connectivity index (χ0n) is 30.5. The Morgan fingerprint density at radius 1 is 0.860 bits per heavy atom. The Labute approximate surface area is 292 Å². The first-order valence-corrected chi connectivity index (χ1v) is 17.5. The van der Waals surface area contributed by atoms with E-state index in [1.54, 1.807) is 33.3 Å². The molecule has 5 fully saturated rings. The molecule has 14 atom stereocenters. The maximum absolute atomic E-state index is 14.0. The van der Waals surface area contributed by atoms with Gasteiger partial charge >= 0.3 is 29.8 Å². The summed E-state index contributed by atoms with van der Waals surface area (Å²) in [7, 11) is 1.24. The van der Waals surface area contributed by atoms with Crippen LogP contribution in [0.25, 0.3) is 0 Å². The third-order valence-corrected chi connectivity index (χ3v) is 13.7. The molecule has 0 bridgehead atoms. The second-order valence-corrected chi connectivity index (χ2v) is 16.2. The fourth-order valence-electron chi connectivity index (χ4n) is 11.7. The third kappa shape index (κ3) is 4.53. The van der Waals surface area contributed by atoms with Crippen LogP contribution in [0.1, 0.15) is 93.1 Å². The average molecular weight is 703 g/mol. The summed E-state index contributed by atoms with van der Waals surface area (Å²) >= 11 is 0. The molecule has 0 amide bonds. The highest BCUT2D eigenvalue weighted by Crippen LogP contribution is 2.83. The number of hydrogen-bond acceptors (Lipinski definition) is 13. The van der Waals surface area contributed by atoms with Gasteiger partial charge in [0.05, 0.1) is 37.8 Å². The molecule has 1 N–H and O–H groups in total. The Hall–Kier alpha value is -3.45. The van der Waals surface area contributed by atoms with Crippen LogP contribution in [0.4, 0.5) is 0 Å². The maximum Gasteiger partial charge on any atom is 0.315 e. The average Bonchev–Trinajstić information content (AvgIpc) is 3.38. The van der Waals surface area contributed by atoms with Gasteiger partial charge in [-0.3, -0.25) is 24.0 Å². The van der Waals surface area contributed by atoms with E-state index in [1.807, 2.05) is 26.8 Å². The molecule has 13 heteroatoms. The van der Waals surface area contributed by atoms with Gasteiger partial charge in [-0.25, -0.2) is 0 Å². The van der Waals surface area contributed by atoms with E-state index in [1.165, 1.54) is 27.9 Å². The van der Waals surface area contributed by atoms with Crippen LogP contribution in [0, 0.1) is 39.4 Å². The normalized spacial score (nSPS) is 45.6. The number of methoxy groups -OCH3 is 1. The summed E-state index contributed by atoms with van der Waals surface area (Å²) in [5.41, 5.74) is -5.38. The van der Waals surface area contributed by atoms with Crippen LogP contribution < -0.4 is 0 Å². The predicted octanol–water partition coefficient (Wildman–Crippen LogP) is 3.88. The molecular formula is C37H50O13. The van der Waals surface area contributed by atoms with Crippen molar-refractivity contribution in [2.75, 3.05) is 7.11 Å². The number of epoxide rings is 1. The number of fused-ring (bicyclic) bond motifs is 3. The molecule has 50 heavy (non-hydrogen) atoms. The number of aliphatic hydroxyl groups excluding tert-OH is 1. The smallest absolute Gasteiger partial charge is 0.315 e. The van der Waals surface area contributed by atoms with Crippen LogP contribution >= 0.6 is 0 Å². The molecule has 6 rings (SSSR count). The fraction of sp³-hybridized carbons (Fsp3) is 0.757. The van der Waals surface area contributed by atoms with E-state index < -0.39 is 105 Å². The van der Waals surface area contributed by atoms with Crippen LogP contribution in [-0.2, 0) is 52.4 Å². The van der Waals surface area contributed by atoms with Crippen molar-refractivity contribution in [3.05, 3.63) is 24.2 Å². The van der Waals surface area contributed by atoms with Gasteiger partial charge in [-0.2, -0.15) is 0 Å². The molecule has 0 radical (unpaired) electrons. The van der Waals surface area contributed by atoms with E-state index in [0.717, 1.165) is 5.56 Å². The molecule has 0 aromatic carbocycles. The van der Waals surface area contributed by atoms with E-state index >= 15 is 0 Å². The summed E-state index contributed by atoms with van der Waals surface area (Å²) in [5.74, 6) is -5.73. The second-order valence-electron chi connectivity index (χ2n) is 16.2. The third-order valence-electron chi connectivity index (χ3n) is 13.7. The molecular weight excluding hydrogens is 652 g/mol. The van der Waals surface area contributed by atoms with Gasteiger partial charge in [-0.05, 0) is 37.3 Å². The van der Waals surface area contributed by atoms with Gasteiger partial charge in [-0.15, -0.1) is 0 Å². The summed E-state index contributed by atoms with van der Waals surface area (Å²) in [6.45, 7) is 14.6. The minimum Gasteiger partial charge on any atom is -0.472 e. The van der Waals surface area contributed by atoms with Crippen molar-refractivity contribution in [3.63, 3.8) is 0 Å². The summed E-state index contributed by atoms with van der Waals surface area (Å²) in [5, 5.41) is 12.4. The molecule has 14 unspecified atom stereocenters. The fourth-order valence-corrected chi connectivity index (χ4v) is 11.7. The first-order chi connectivity index (χ1) is 23.3. The highest BCUT2D eigenvalue weighted by Gasteiger charge is 2.92. The lowest BCUT2D eigenvalue weighted by Gasteiger charge is -2.72. The van der Waals surface area contributed by atoms with Gasteiger partial charge in [0, 0.05) is 55.3 Å². The lowest BCUT2D eigenvalue weighted by molar-refractivity contribution is -0.330. The molecule has 2 heterocycles. The SMILES string of the molecule is COC(=O)C1(C)C(OC(C)=O)CC(O)C2(C)C1CC(OC(C)=O)C1(C)C2C(OC(=O)C(C)C)C(OC(C)=O)C2(C)C(c3ccoc3)CC3OC321. The van der Waals surface area contributed by atoms with Gasteiger partial charge in [0.15, 0.2) is 0 Å². The minimum atomic E-state index is -1.55. The number of aliphatic hydroxyl groups is 1. The number of esters is 5. The van der Waals surface area contributed by atoms with Gasteiger partial charge in [0.25, 0.3) is 0 Å². The van der Waals surface area contributed by atoms with Crippen molar-refractivity contribution >= 4 is 29.8 Å². The number of ether oxygens (including phenoxy) is 6. The summed E-state index contributed by atoms with van der Waals surface area (Å²) < 4.78 is 42.6. The molecule has 1 saturated heterocycles. The zero-order valence-corrected chi connectivity index (χ0v) is 30.5. The minimum absolute atomic E-state index is 0.0525. The molecule has 1 spiro atoms. The van der Waals surface area contributed by atoms with E-state index in [4.69, 9.17) is 32.8 Å². The van der Waals surface area contributed by atoms with Crippen molar-refractivity contribution in [2.45, 2.75) is 130 Å². The van der Waals surface area contributed by atoms with Gasteiger partial charge in [0.2, 0.25) is 0 Å². The molecule has 13 nitrogen and oxygen atoms in total. The Morgan fingerprint density at radius 3 is 2.02 bits per heavy atom. The molecule has 4 aliphatic carbocycles. The number of carbonyl (C=O) groups excluding carboxylic acids is 5. The van der Waals surface area contributed by atoms with Crippen LogP contribution in [0.3, 0.4) is 0 Å².